The molecule has 8 heteroatoms. The molecule has 2 aromatic rings. The summed E-state index contributed by atoms with van der Waals surface area (Å²) >= 11 is 0. The first-order valence-electron chi connectivity index (χ1n) is 8.04. The van der Waals surface area contributed by atoms with Gasteiger partial charge in [0, 0.05) is 19.2 Å². The van der Waals surface area contributed by atoms with Crippen LogP contribution in [0.25, 0.3) is 0 Å². The van der Waals surface area contributed by atoms with Gasteiger partial charge in [0.25, 0.3) is 0 Å². The molecule has 24 heavy (non-hydrogen) atoms. The Kier molecular flexibility index (Phi) is 4.57. The Morgan fingerprint density at radius 2 is 2.29 bits per heavy atom. The summed E-state index contributed by atoms with van der Waals surface area (Å²) in [7, 11) is 3.52. The Morgan fingerprint density at radius 3 is 2.96 bits per heavy atom. The quantitative estimate of drug-likeness (QED) is 0.898. The van der Waals surface area contributed by atoms with Crippen molar-refractivity contribution in [1.82, 2.24) is 19.8 Å². The highest BCUT2D eigenvalue weighted by Gasteiger charge is 2.33. The third-order valence-electron chi connectivity index (χ3n) is 4.34. The number of aryl methyl sites for hydroxylation is 3. The van der Waals surface area contributed by atoms with Crippen LogP contribution in [0.15, 0.2) is 10.6 Å². The zero-order valence-electron chi connectivity index (χ0n) is 14.5. The average molecular weight is 333 g/mol. The lowest BCUT2D eigenvalue weighted by molar-refractivity contribution is -0.117. The van der Waals surface area contributed by atoms with E-state index < -0.39 is 0 Å². The molecule has 0 aromatic carbocycles. The minimum absolute atomic E-state index is 0.112. The highest BCUT2D eigenvalue weighted by atomic mass is 16.5. The van der Waals surface area contributed by atoms with E-state index in [4.69, 9.17) is 9.26 Å². The summed E-state index contributed by atoms with van der Waals surface area (Å²) in [6.45, 7) is 4.95. The van der Waals surface area contributed by atoms with E-state index in [0.29, 0.717) is 12.4 Å². The molecule has 1 unspecified atom stereocenters. The van der Waals surface area contributed by atoms with Crippen molar-refractivity contribution >= 4 is 11.8 Å². The Balaban J connectivity index is 1.73. The van der Waals surface area contributed by atoms with Gasteiger partial charge in [-0.3, -0.25) is 15.0 Å². The smallest absolute Gasteiger partial charge is 0.240 e. The maximum absolute atomic E-state index is 12.3. The number of methoxy groups -OCH3 is 1. The number of likely N-dealkylation sites (tertiary alicyclic amines) is 1. The van der Waals surface area contributed by atoms with Crippen molar-refractivity contribution in [1.29, 1.82) is 0 Å². The fourth-order valence-electron chi connectivity index (χ4n) is 3.41. The van der Waals surface area contributed by atoms with Gasteiger partial charge < -0.3 is 9.26 Å². The van der Waals surface area contributed by atoms with E-state index in [2.05, 4.69) is 20.5 Å². The summed E-state index contributed by atoms with van der Waals surface area (Å²) in [6, 6.07) is 1.84. The number of carbonyl (C=O) groups is 1. The molecule has 8 nitrogen and oxygen atoms in total. The van der Waals surface area contributed by atoms with Gasteiger partial charge in [0.05, 0.1) is 30.6 Å². The van der Waals surface area contributed by atoms with Gasteiger partial charge in [-0.15, -0.1) is 0 Å². The molecule has 1 fully saturated rings. The first kappa shape index (κ1) is 16.5. The molecule has 2 aromatic heterocycles. The minimum atomic E-state index is -0.112. The van der Waals surface area contributed by atoms with Crippen LogP contribution in [-0.4, -0.2) is 45.9 Å². The maximum Gasteiger partial charge on any atom is 0.240 e. The summed E-state index contributed by atoms with van der Waals surface area (Å²) in [6.07, 6.45) is 2.02. The van der Waals surface area contributed by atoms with Crippen molar-refractivity contribution in [3.05, 3.63) is 23.0 Å². The molecule has 1 saturated heterocycles. The van der Waals surface area contributed by atoms with Crippen LogP contribution in [0, 0.1) is 13.8 Å². The van der Waals surface area contributed by atoms with E-state index in [9.17, 15) is 4.79 Å². The Morgan fingerprint density at radius 1 is 1.50 bits per heavy atom. The lowest BCUT2D eigenvalue weighted by Gasteiger charge is -2.24. The molecule has 0 saturated carbocycles. The Hall–Kier alpha value is -2.35. The molecule has 1 aliphatic rings. The van der Waals surface area contributed by atoms with Gasteiger partial charge in [-0.2, -0.15) is 5.10 Å². The van der Waals surface area contributed by atoms with Gasteiger partial charge in [0.1, 0.15) is 0 Å². The standard InChI is InChI=1S/C16H23N5O3/c1-10-8-14(24-19-10)17-13(22)9-21-7-5-6-12(21)15-11(2)18-20(3)16(15)23-4/h8,12H,5-7,9H2,1-4H3,(H,17,22). The predicted molar refractivity (Wildman–Crippen MR) is 87.9 cm³/mol. The fraction of sp³-hybridized carbons (Fsp3) is 0.562. The number of ether oxygens (including phenoxy) is 1. The van der Waals surface area contributed by atoms with Crippen molar-refractivity contribution in [2.75, 3.05) is 25.5 Å². The monoisotopic (exact) mass is 333 g/mol. The number of aromatic nitrogens is 3. The Labute approximate surface area is 140 Å². The summed E-state index contributed by atoms with van der Waals surface area (Å²) in [5.41, 5.74) is 2.75. The van der Waals surface area contributed by atoms with Crippen LogP contribution in [0.2, 0.25) is 0 Å². The number of nitrogens with one attached hydrogen (secondary N) is 1. The summed E-state index contributed by atoms with van der Waals surface area (Å²) in [4.78, 5) is 14.5. The van der Waals surface area contributed by atoms with Crippen LogP contribution < -0.4 is 10.1 Å². The van der Waals surface area contributed by atoms with Crippen molar-refractivity contribution in [2.24, 2.45) is 7.05 Å². The highest BCUT2D eigenvalue weighted by Crippen LogP contribution is 2.38. The molecular formula is C16H23N5O3. The van der Waals surface area contributed by atoms with Gasteiger partial charge in [-0.25, -0.2) is 4.68 Å². The molecule has 0 spiro atoms. The lowest BCUT2D eigenvalue weighted by atomic mass is 10.1. The predicted octanol–water partition coefficient (Wildman–Crippen LogP) is 1.81. The van der Waals surface area contributed by atoms with Crippen LogP contribution in [-0.2, 0) is 11.8 Å². The summed E-state index contributed by atoms with van der Waals surface area (Å²) in [5.74, 6) is 1.03. The van der Waals surface area contributed by atoms with E-state index in [1.165, 1.54) is 0 Å². The molecule has 3 heterocycles. The molecule has 1 amide bonds. The number of amides is 1. The zero-order valence-corrected chi connectivity index (χ0v) is 14.5. The zero-order chi connectivity index (χ0) is 17.3. The van der Waals surface area contributed by atoms with E-state index >= 15 is 0 Å². The molecule has 3 rings (SSSR count). The van der Waals surface area contributed by atoms with E-state index in [1.54, 1.807) is 17.9 Å². The van der Waals surface area contributed by atoms with E-state index in [-0.39, 0.29) is 11.9 Å². The summed E-state index contributed by atoms with van der Waals surface area (Å²) < 4.78 is 12.3. The van der Waals surface area contributed by atoms with E-state index in [1.807, 2.05) is 20.9 Å². The molecule has 1 atom stereocenters. The minimum Gasteiger partial charge on any atom is -0.481 e. The normalized spacial score (nSPS) is 18.1. The van der Waals surface area contributed by atoms with Gasteiger partial charge >= 0.3 is 0 Å². The molecule has 1 aliphatic heterocycles. The van der Waals surface area contributed by atoms with Crippen molar-refractivity contribution in [2.45, 2.75) is 32.7 Å². The number of hydrogen-bond acceptors (Lipinski definition) is 6. The first-order chi connectivity index (χ1) is 11.5. The van der Waals surface area contributed by atoms with Gasteiger partial charge in [-0.1, -0.05) is 5.16 Å². The van der Waals surface area contributed by atoms with Crippen molar-refractivity contribution in [3.63, 3.8) is 0 Å². The second-order valence-corrected chi connectivity index (χ2v) is 6.14. The molecule has 0 radical (unpaired) electrons. The topological polar surface area (TPSA) is 85.4 Å². The fourth-order valence-corrected chi connectivity index (χ4v) is 3.41. The number of rotatable bonds is 5. The third kappa shape index (κ3) is 3.14. The number of nitrogens with zero attached hydrogens (tertiary/aromatic N) is 4. The van der Waals surface area contributed by atoms with Crippen molar-refractivity contribution < 1.29 is 14.1 Å². The van der Waals surface area contributed by atoms with E-state index in [0.717, 1.165) is 42.2 Å². The molecular weight excluding hydrogens is 310 g/mol. The second kappa shape index (κ2) is 6.64. The van der Waals surface area contributed by atoms with Crippen LogP contribution >= 0.6 is 0 Å². The second-order valence-electron chi connectivity index (χ2n) is 6.14. The van der Waals surface area contributed by atoms with Crippen LogP contribution in [0.1, 0.15) is 35.8 Å². The lowest BCUT2D eigenvalue weighted by Crippen LogP contribution is -2.33. The van der Waals surface area contributed by atoms with Gasteiger partial charge in [0.2, 0.25) is 17.7 Å². The number of carbonyl (C=O) groups excluding carboxylic acids is 1. The molecule has 1 N–H and O–H groups in total. The van der Waals surface area contributed by atoms with Crippen molar-refractivity contribution in [3.8, 4) is 5.88 Å². The average Bonchev–Trinajstić information content (AvgIpc) is 3.19. The van der Waals surface area contributed by atoms with Gasteiger partial charge in [-0.05, 0) is 33.2 Å². The van der Waals surface area contributed by atoms with Crippen LogP contribution in [0.4, 0.5) is 5.88 Å². The highest BCUT2D eigenvalue weighted by molar-refractivity contribution is 5.91. The maximum atomic E-state index is 12.3. The third-order valence-corrected chi connectivity index (χ3v) is 4.34. The largest absolute Gasteiger partial charge is 0.481 e. The molecule has 130 valence electrons. The summed E-state index contributed by atoms with van der Waals surface area (Å²) in [5, 5.41) is 11.0. The SMILES string of the molecule is COc1c(C2CCCN2CC(=O)Nc2cc(C)no2)c(C)nn1C. The first-order valence-corrected chi connectivity index (χ1v) is 8.04. The number of anilines is 1. The Bertz CT molecular complexity index is 736. The van der Waals surface area contributed by atoms with Crippen LogP contribution in [0.5, 0.6) is 5.88 Å². The van der Waals surface area contributed by atoms with Crippen LogP contribution in [0.3, 0.4) is 0 Å². The number of hydrogen-bond donors (Lipinski definition) is 1. The molecule has 0 aliphatic carbocycles. The van der Waals surface area contributed by atoms with Gasteiger partial charge in [0.15, 0.2) is 0 Å². The molecule has 0 bridgehead atoms.